The zero-order valence-corrected chi connectivity index (χ0v) is 21.1. The van der Waals surface area contributed by atoms with Crippen LogP contribution in [0, 0.1) is 12.7 Å². The number of nitrogens with zero attached hydrogens (tertiary/aromatic N) is 2. The number of sulfonamides is 1. The van der Waals surface area contributed by atoms with Crippen LogP contribution >= 0.6 is 11.3 Å². The average Bonchev–Trinajstić information content (AvgIpc) is 3.38. The average molecular weight is 518 g/mol. The molecule has 2 aromatic carbocycles. The van der Waals surface area contributed by atoms with E-state index < -0.39 is 10.0 Å². The maximum atomic E-state index is 13.6. The Morgan fingerprint density at radius 3 is 2.69 bits per heavy atom. The van der Waals surface area contributed by atoms with Crippen molar-refractivity contribution in [3.63, 3.8) is 0 Å². The van der Waals surface area contributed by atoms with E-state index in [0.29, 0.717) is 17.5 Å². The van der Waals surface area contributed by atoms with Crippen LogP contribution in [0.2, 0.25) is 0 Å². The van der Waals surface area contributed by atoms with Crippen molar-refractivity contribution >= 4 is 48.2 Å². The minimum Gasteiger partial charge on any atom is -0.367 e. The van der Waals surface area contributed by atoms with Crippen molar-refractivity contribution < 1.29 is 12.8 Å². The lowest BCUT2D eigenvalue weighted by atomic mass is 10.2. The second-order valence-corrected chi connectivity index (χ2v) is 11.9. The van der Waals surface area contributed by atoms with Crippen LogP contribution in [0.15, 0.2) is 45.4 Å². The molecule has 0 bridgehead atoms. The minimum absolute atomic E-state index is 0.196. The largest absolute Gasteiger partial charge is 0.367 e. The van der Waals surface area contributed by atoms with Gasteiger partial charge in [0.25, 0.3) is 0 Å². The third kappa shape index (κ3) is 4.99. The first-order valence-corrected chi connectivity index (χ1v) is 14.0. The van der Waals surface area contributed by atoms with Gasteiger partial charge in [0.15, 0.2) is 0 Å². The maximum Gasteiger partial charge on any atom is 0.323 e. The van der Waals surface area contributed by atoms with Gasteiger partial charge in [-0.15, -0.1) is 11.3 Å². The number of aromatic nitrogens is 2. The Morgan fingerprint density at radius 1 is 1.09 bits per heavy atom. The summed E-state index contributed by atoms with van der Waals surface area (Å²) in [6.45, 7) is 6.55. The Bertz CT molecular complexity index is 1520. The van der Waals surface area contributed by atoms with Crippen molar-refractivity contribution in [2.24, 2.45) is 0 Å². The number of hydrogen-bond donors (Lipinski definition) is 3. The van der Waals surface area contributed by atoms with E-state index in [0.717, 1.165) is 67.0 Å². The van der Waals surface area contributed by atoms with Crippen molar-refractivity contribution in [1.82, 2.24) is 19.6 Å². The quantitative estimate of drug-likeness (QED) is 0.311. The van der Waals surface area contributed by atoms with Crippen LogP contribution in [0.4, 0.5) is 10.1 Å². The van der Waals surface area contributed by atoms with Gasteiger partial charge in [-0.25, -0.2) is 22.3 Å². The number of hydrogen-bond acceptors (Lipinski definition) is 6. The molecule has 11 heteroatoms. The summed E-state index contributed by atoms with van der Waals surface area (Å²) in [7, 11) is -3.63. The van der Waals surface area contributed by atoms with Gasteiger partial charge in [-0.1, -0.05) is 6.07 Å². The Balaban J connectivity index is 1.09. The summed E-state index contributed by atoms with van der Waals surface area (Å²) < 4.78 is 42.9. The molecule has 186 valence electrons. The molecule has 1 saturated heterocycles. The third-order valence-corrected chi connectivity index (χ3v) is 9.89. The molecule has 0 spiro atoms. The zero-order valence-electron chi connectivity index (χ0n) is 19.4. The first-order valence-electron chi connectivity index (χ1n) is 11.7. The van der Waals surface area contributed by atoms with E-state index in [-0.39, 0.29) is 15.7 Å². The molecule has 5 rings (SSSR count). The Hall–Kier alpha value is -2.73. The van der Waals surface area contributed by atoms with Crippen molar-refractivity contribution in [3.8, 4) is 0 Å². The highest BCUT2D eigenvalue weighted by molar-refractivity contribution is 7.91. The number of benzene rings is 2. The van der Waals surface area contributed by atoms with Gasteiger partial charge in [-0.05, 0) is 67.6 Å². The number of halogens is 1. The molecule has 0 unspecified atom stereocenters. The zero-order chi connectivity index (χ0) is 24.6. The lowest BCUT2D eigenvalue weighted by molar-refractivity contribution is 0.253. The highest BCUT2D eigenvalue weighted by atomic mass is 32.2. The molecule has 3 heterocycles. The fourth-order valence-corrected chi connectivity index (χ4v) is 7.54. The van der Waals surface area contributed by atoms with Crippen LogP contribution in [0.1, 0.15) is 18.4 Å². The van der Waals surface area contributed by atoms with Crippen LogP contribution in [0.5, 0.6) is 0 Å². The molecule has 1 fully saturated rings. The van der Waals surface area contributed by atoms with Crippen molar-refractivity contribution in [3.05, 3.63) is 58.3 Å². The summed E-state index contributed by atoms with van der Waals surface area (Å²) in [5.74, 6) is -0.368. The van der Waals surface area contributed by atoms with Gasteiger partial charge in [0.2, 0.25) is 10.0 Å². The number of nitrogens with one attached hydrogen (secondary N) is 3. The predicted molar refractivity (Wildman–Crippen MR) is 139 cm³/mol. The van der Waals surface area contributed by atoms with E-state index in [9.17, 15) is 17.6 Å². The summed E-state index contributed by atoms with van der Waals surface area (Å²) in [6, 6.07) is 10.2. The highest BCUT2D eigenvalue weighted by Gasteiger charge is 2.22. The van der Waals surface area contributed by atoms with Crippen LogP contribution in [0.25, 0.3) is 21.1 Å². The SMILES string of the molecule is Cc1c(S(=O)(=O)NCCCCN2CCN(c3cccc4[nH]c(=O)[nH]c34)CC2)sc2ccc(F)cc12. The van der Waals surface area contributed by atoms with E-state index in [2.05, 4.69) is 24.5 Å². The van der Waals surface area contributed by atoms with E-state index in [1.807, 2.05) is 18.2 Å². The van der Waals surface area contributed by atoms with E-state index in [1.165, 1.54) is 23.5 Å². The molecule has 3 N–H and O–H groups in total. The molecule has 1 aliphatic heterocycles. The molecule has 35 heavy (non-hydrogen) atoms. The predicted octanol–water partition coefficient (Wildman–Crippen LogP) is 3.40. The lowest BCUT2D eigenvalue weighted by Gasteiger charge is -2.36. The molecule has 8 nitrogen and oxygen atoms in total. The number of aromatic amines is 2. The number of H-pyrrole nitrogens is 2. The Morgan fingerprint density at radius 2 is 1.89 bits per heavy atom. The summed E-state index contributed by atoms with van der Waals surface area (Å²) in [5.41, 5.74) is 3.09. The van der Waals surface area contributed by atoms with E-state index in [4.69, 9.17) is 0 Å². The van der Waals surface area contributed by atoms with Crippen molar-refractivity contribution in [2.45, 2.75) is 24.0 Å². The van der Waals surface area contributed by atoms with E-state index >= 15 is 0 Å². The number of para-hydroxylation sites is 1. The van der Waals surface area contributed by atoms with Gasteiger partial charge in [0.05, 0.1) is 16.7 Å². The van der Waals surface area contributed by atoms with Crippen molar-refractivity contribution in [2.75, 3.05) is 44.2 Å². The number of rotatable bonds is 8. The molecule has 0 amide bonds. The Kier molecular flexibility index (Phi) is 6.67. The van der Waals surface area contributed by atoms with Gasteiger partial charge in [-0.3, -0.25) is 4.90 Å². The number of unbranched alkanes of at least 4 members (excludes halogenated alkanes) is 1. The number of anilines is 1. The molecular formula is C24H28FN5O3S2. The molecule has 0 aliphatic carbocycles. The standard InChI is InChI=1S/C24H28FN5O3S2/c1-16-18-15-17(25)7-8-21(18)34-23(16)35(32,33)26-9-2-3-10-29-11-13-30(14-12-29)20-6-4-5-19-22(20)28-24(31)27-19/h4-8,15,26H,2-3,9-14H2,1H3,(H2,27,28,31). The van der Waals surface area contributed by atoms with E-state index in [1.54, 1.807) is 13.0 Å². The minimum atomic E-state index is -3.63. The lowest BCUT2D eigenvalue weighted by Crippen LogP contribution is -2.46. The summed E-state index contributed by atoms with van der Waals surface area (Å²) in [5, 5.41) is 0.647. The molecule has 0 radical (unpaired) electrons. The first kappa shape index (κ1) is 24.0. The first-order chi connectivity index (χ1) is 16.8. The summed E-state index contributed by atoms with van der Waals surface area (Å²) >= 11 is 1.17. The second kappa shape index (κ2) is 9.73. The smallest absolute Gasteiger partial charge is 0.323 e. The van der Waals surface area contributed by atoms with Gasteiger partial charge in [0.1, 0.15) is 10.0 Å². The number of fused-ring (bicyclic) bond motifs is 2. The van der Waals surface area contributed by atoms with Crippen LogP contribution in [-0.4, -0.2) is 62.6 Å². The van der Waals surface area contributed by atoms with Gasteiger partial charge >= 0.3 is 5.69 Å². The van der Waals surface area contributed by atoms with Crippen LogP contribution in [0.3, 0.4) is 0 Å². The number of thiophene rings is 1. The van der Waals surface area contributed by atoms with Gasteiger partial charge in [0, 0.05) is 37.4 Å². The fraction of sp³-hybridized carbons (Fsp3) is 0.375. The highest BCUT2D eigenvalue weighted by Crippen LogP contribution is 2.34. The number of imidazole rings is 1. The van der Waals surface area contributed by atoms with Gasteiger partial charge < -0.3 is 14.9 Å². The van der Waals surface area contributed by atoms with Gasteiger partial charge in [-0.2, -0.15) is 0 Å². The van der Waals surface area contributed by atoms with Crippen LogP contribution in [-0.2, 0) is 10.0 Å². The number of aryl methyl sites for hydroxylation is 1. The topological polar surface area (TPSA) is 101 Å². The molecular weight excluding hydrogens is 489 g/mol. The van der Waals surface area contributed by atoms with Crippen molar-refractivity contribution in [1.29, 1.82) is 0 Å². The summed E-state index contributed by atoms with van der Waals surface area (Å²) in [4.78, 5) is 22.0. The van der Waals surface area contributed by atoms with Crippen LogP contribution < -0.4 is 15.3 Å². The monoisotopic (exact) mass is 517 g/mol. The molecule has 1 aliphatic rings. The fourth-order valence-electron chi connectivity index (χ4n) is 4.68. The third-order valence-electron chi connectivity index (χ3n) is 6.53. The molecule has 0 saturated carbocycles. The maximum absolute atomic E-state index is 13.6. The second-order valence-electron chi connectivity index (χ2n) is 8.87. The normalized spacial score (nSPS) is 15.4. The summed E-state index contributed by atoms with van der Waals surface area (Å²) in [6.07, 6.45) is 1.63. The molecule has 4 aromatic rings. The molecule has 0 atom stereocenters. The molecule has 2 aromatic heterocycles. The Labute approximate surface area is 206 Å². The number of piperazine rings is 1.